The minimum atomic E-state index is 0.162. The molecule has 0 spiro atoms. The van der Waals surface area contributed by atoms with E-state index in [9.17, 15) is 0 Å². The topological polar surface area (TPSA) is 21.3 Å². The Morgan fingerprint density at radius 2 is 1.90 bits per heavy atom. The SMILES string of the molecule is CC(C)(C)CCC1C=C(OCCNC(C)(C)C)C=CC1. The molecule has 20 heavy (non-hydrogen) atoms. The van der Waals surface area contributed by atoms with Crippen LogP contribution in [0.3, 0.4) is 0 Å². The van der Waals surface area contributed by atoms with Crippen LogP contribution in [0.5, 0.6) is 0 Å². The van der Waals surface area contributed by atoms with Crippen LogP contribution in [-0.2, 0) is 4.74 Å². The van der Waals surface area contributed by atoms with Gasteiger partial charge in [0, 0.05) is 12.1 Å². The van der Waals surface area contributed by atoms with Gasteiger partial charge in [-0.05, 0) is 63.5 Å². The second-order valence-electron chi connectivity index (χ2n) is 8.09. The van der Waals surface area contributed by atoms with Crippen molar-refractivity contribution in [2.45, 2.75) is 66.3 Å². The molecule has 0 saturated carbocycles. The molecule has 116 valence electrons. The van der Waals surface area contributed by atoms with Gasteiger partial charge in [0.25, 0.3) is 0 Å². The van der Waals surface area contributed by atoms with Gasteiger partial charge < -0.3 is 10.1 Å². The van der Waals surface area contributed by atoms with Gasteiger partial charge >= 0.3 is 0 Å². The summed E-state index contributed by atoms with van der Waals surface area (Å²) >= 11 is 0. The zero-order chi connectivity index (χ0) is 15.2. The van der Waals surface area contributed by atoms with Crippen LogP contribution < -0.4 is 5.32 Å². The fraction of sp³-hybridized carbons (Fsp3) is 0.778. The molecule has 0 bridgehead atoms. The van der Waals surface area contributed by atoms with E-state index >= 15 is 0 Å². The second-order valence-corrected chi connectivity index (χ2v) is 8.09. The van der Waals surface area contributed by atoms with E-state index in [-0.39, 0.29) is 5.54 Å². The van der Waals surface area contributed by atoms with Crippen LogP contribution in [-0.4, -0.2) is 18.7 Å². The van der Waals surface area contributed by atoms with Gasteiger partial charge in [-0.2, -0.15) is 0 Å². The molecule has 0 fully saturated rings. The monoisotopic (exact) mass is 279 g/mol. The fourth-order valence-corrected chi connectivity index (χ4v) is 2.23. The van der Waals surface area contributed by atoms with E-state index in [1.54, 1.807) is 0 Å². The Kier molecular flexibility index (Phi) is 6.32. The smallest absolute Gasteiger partial charge is 0.115 e. The Labute approximate surface area is 125 Å². The highest BCUT2D eigenvalue weighted by atomic mass is 16.5. The first-order valence-corrected chi connectivity index (χ1v) is 7.92. The summed E-state index contributed by atoms with van der Waals surface area (Å²) in [7, 11) is 0. The van der Waals surface area contributed by atoms with Crippen molar-refractivity contribution < 1.29 is 4.74 Å². The van der Waals surface area contributed by atoms with Crippen LogP contribution in [0.4, 0.5) is 0 Å². The second kappa shape index (κ2) is 7.31. The fourth-order valence-electron chi connectivity index (χ4n) is 2.23. The molecule has 1 aliphatic rings. The van der Waals surface area contributed by atoms with Crippen molar-refractivity contribution in [2.24, 2.45) is 11.3 Å². The minimum Gasteiger partial charge on any atom is -0.493 e. The van der Waals surface area contributed by atoms with Gasteiger partial charge in [0.1, 0.15) is 12.4 Å². The standard InChI is InChI=1S/C18H33NO/c1-17(2,3)11-10-15-8-7-9-16(14-15)20-13-12-19-18(4,5)6/h7,9,14-15,19H,8,10-13H2,1-6H3. The lowest BCUT2D eigenvalue weighted by molar-refractivity contribution is 0.208. The molecular formula is C18H33NO. The summed E-state index contributed by atoms with van der Waals surface area (Å²) < 4.78 is 5.85. The van der Waals surface area contributed by atoms with E-state index in [0.717, 1.165) is 25.3 Å². The lowest BCUT2D eigenvalue weighted by atomic mass is 9.84. The summed E-state index contributed by atoms with van der Waals surface area (Å²) in [5.74, 6) is 1.69. The third-order valence-electron chi connectivity index (χ3n) is 3.41. The highest BCUT2D eigenvalue weighted by molar-refractivity contribution is 5.18. The van der Waals surface area contributed by atoms with Crippen molar-refractivity contribution in [1.82, 2.24) is 5.32 Å². The maximum atomic E-state index is 5.85. The molecule has 0 aromatic rings. The van der Waals surface area contributed by atoms with Crippen molar-refractivity contribution in [3.05, 3.63) is 24.0 Å². The number of allylic oxidation sites excluding steroid dienone is 3. The predicted octanol–water partition coefficient (Wildman–Crippen LogP) is 4.68. The molecule has 0 aliphatic heterocycles. The van der Waals surface area contributed by atoms with Crippen LogP contribution >= 0.6 is 0 Å². The van der Waals surface area contributed by atoms with Crippen molar-refractivity contribution >= 4 is 0 Å². The molecule has 0 amide bonds. The van der Waals surface area contributed by atoms with Gasteiger partial charge in [-0.15, -0.1) is 0 Å². The molecular weight excluding hydrogens is 246 g/mol. The van der Waals surface area contributed by atoms with Crippen molar-refractivity contribution in [3.8, 4) is 0 Å². The van der Waals surface area contributed by atoms with Crippen molar-refractivity contribution in [2.75, 3.05) is 13.2 Å². The zero-order valence-corrected chi connectivity index (χ0v) is 14.3. The Balaban J connectivity index is 2.30. The van der Waals surface area contributed by atoms with E-state index in [1.807, 2.05) is 0 Å². The summed E-state index contributed by atoms with van der Waals surface area (Å²) in [6.07, 6.45) is 10.3. The van der Waals surface area contributed by atoms with E-state index in [2.05, 4.69) is 65.1 Å². The van der Waals surface area contributed by atoms with Crippen LogP contribution in [0.25, 0.3) is 0 Å². The highest BCUT2D eigenvalue weighted by Gasteiger charge is 2.16. The van der Waals surface area contributed by atoms with Crippen LogP contribution in [0.1, 0.15) is 60.8 Å². The summed E-state index contributed by atoms with van der Waals surface area (Å²) in [6, 6.07) is 0. The number of ether oxygens (including phenoxy) is 1. The Morgan fingerprint density at radius 1 is 1.20 bits per heavy atom. The van der Waals surface area contributed by atoms with Gasteiger partial charge in [-0.3, -0.25) is 0 Å². The summed E-state index contributed by atoms with van der Waals surface area (Å²) in [6.45, 7) is 15.1. The molecule has 2 nitrogen and oxygen atoms in total. The van der Waals surface area contributed by atoms with Crippen molar-refractivity contribution in [3.63, 3.8) is 0 Å². The molecule has 1 aliphatic carbocycles. The first kappa shape index (κ1) is 17.3. The Hall–Kier alpha value is -0.760. The van der Waals surface area contributed by atoms with Gasteiger partial charge in [-0.25, -0.2) is 0 Å². The number of rotatable bonds is 6. The summed E-state index contributed by atoms with van der Waals surface area (Å²) in [5, 5.41) is 3.44. The van der Waals surface area contributed by atoms with E-state index in [4.69, 9.17) is 4.74 Å². The molecule has 1 N–H and O–H groups in total. The third kappa shape index (κ3) is 8.42. The van der Waals surface area contributed by atoms with E-state index in [1.165, 1.54) is 12.8 Å². The van der Waals surface area contributed by atoms with Gasteiger partial charge in [0.05, 0.1) is 0 Å². The highest BCUT2D eigenvalue weighted by Crippen LogP contribution is 2.28. The normalized spacial score (nSPS) is 19.9. The predicted molar refractivity (Wildman–Crippen MR) is 87.7 cm³/mol. The summed E-state index contributed by atoms with van der Waals surface area (Å²) in [5.41, 5.74) is 0.585. The Morgan fingerprint density at radius 3 is 2.50 bits per heavy atom. The largest absolute Gasteiger partial charge is 0.493 e. The molecule has 1 unspecified atom stereocenters. The molecule has 0 aromatic carbocycles. The lowest BCUT2D eigenvalue weighted by Gasteiger charge is -2.23. The zero-order valence-electron chi connectivity index (χ0n) is 14.3. The van der Waals surface area contributed by atoms with Crippen molar-refractivity contribution in [1.29, 1.82) is 0 Å². The number of nitrogens with one attached hydrogen (secondary N) is 1. The molecule has 0 aromatic heterocycles. The molecule has 0 saturated heterocycles. The van der Waals surface area contributed by atoms with Gasteiger partial charge in [0.15, 0.2) is 0 Å². The quantitative estimate of drug-likeness (QED) is 0.713. The molecule has 0 radical (unpaired) electrons. The molecule has 2 heteroatoms. The van der Waals surface area contributed by atoms with Crippen LogP contribution in [0, 0.1) is 11.3 Å². The van der Waals surface area contributed by atoms with E-state index < -0.39 is 0 Å². The average molecular weight is 279 g/mol. The molecule has 0 heterocycles. The first-order valence-electron chi connectivity index (χ1n) is 7.92. The van der Waals surface area contributed by atoms with Gasteiger partial charge in [-0.1, -0.05) is 26.8 Å². The third-order valence-corrected chi connectivity index (χ3v) is 3.41. The first-order chi connectivity index (χ1) is 9.16. The Bertz CT molecular complexity index is 341. The van der Waals surface area contributed by atoms with Gasteiger partial charge in [0.2, 0.25) is 0 Å². The average Bonchev–Trinajstić information content (AvgIpc) is 2.31. The summed E-state index contributed by atoms with van der Waals surface area (Å²) in [4.78, 5) is 0. The maximum Gasteiger partial charge on any atom is 0.115 e. The van der Waals surface area contributed by atoms with Crippen LogP contribution in [0.15, 0.2) is 24.0 Å². The maximum absolute atomic E-state index is 5.85. The minimum absolute atomic E-state index is 0.162. The molecule has 1 atom stereocenters. The lowest BCUT2D eigenvalue weighted by Crippen LogP contribution is -2.37. The van der Waals surface area contributed by atoms with Crippen LogP contribution in [0.2, 0.25) is 0 Å². The number of hydrogen-bond donors (Lipinski definition) is 1. The number of hydrogen-bond acceptors (Lipinski definition) is 2. The van der Waals surface area contributed by atoms with E-state index in [0.29, 0.717) is 11.3 Å². The molecule has 1 rings (SSSR count).